The number of hydrogen-bond acceptors (Lipinski definition) is 4. The van der Waals surface area contributed by atoms with E-state index in [-0.39, 0.29) is 49.6 Å². The number of nitrogens with zero attached hydrogens (tertiary/aromatic N) is 1. The molecule has 2 N–H and O–H groups in total. The number of carbonyl (C=O) groups is 3. The first-order valence-corrected chi connectivity index (χ1v) is 7.47. The maximum atomic E-state index is 11.8. The zero-order valence-electron chi connectivity index (χ0n) is 12.7. The minimum atomic E-state index is -0.183. The molecule has 0 aliphatic carbocycles. The normalized spacial score (nSPS) is 15.8. The van der Waals surface area contributed by atoms with Crippen molar-refractivity contribution in [2.45, 2.75) is 32.2 Å². The summed E-state index contributed by atoms with van der Waals surface area (Å²) in [5.74, 6) is -0.525. The zero-order valence-corrected chi connectivity index (χ0v) is 12.7. The van der Waals surface area contributed by atoms with Crippen molar-refractivity contribution in [1.82, 2.24) is 10.2 Å². The van der Waals surface area contributed by atoms with Crippen LogP contribution in [0.25, 0.3) is 0 Å². The van der Waals surface area contributed by atoms with Crippen LogP contribution >= 0.6 is 0 Å². The predicted molar refractivity (Wildman–Crippen MR) is 83.1 cm³/mol. The topological polar surface area (TPSA) is 78.5 Å². The van der Waals surface area contributed by atoms with E-state index in [1.54, 1.807) is 0 Å². The first-order valence-electron chi connectivity index (χ1n) is 7.47. The number of amides is 3. The van der Waals surface area contributed by atoms with Crippen LogP contribution < -0.4 is 10.6 Å². The highest BCUT2D eigenvalue weighted by Crippen LogP contribution is 2.11. The lowest BCUT2D eigenvalue weighted by Gasteiger charge is -2.17. The molecule has 1 heterocycles. The maximum absolute atomic E-state index is 11.8. The molecule has 0 bridgehead atoms. The van der Waals surface area contributed by atoms with Gasteiger partial charge in [-0.15, -0.1) is 0 Å². The van der Waals surface area contributed by atoms with E-state index >= 15 is 0 Å². The third-order valence-electron chi connectivity index (χ3n) is 3.51. The van der Waals surface area contributed by atoms with Gasteiger partial charge in [-0.3, -0.25) is 19.3 Å². The third kappa shape index (κ3) is 4.58. The van der Waals surface area contributed by atoms with Gasteiger partial charge in [0, 0.05) is 44.1 Å². The van der Waals surface area contributed by atoms with Crippen LogP contribution in [0.1, 0.15) is 26.2 Å². The SMILES string of the molecule is C[C@@H](CNC(=O)CCN1C(=O)CCC1=O)Nc1ccccc1. The lowest BCUT2D eigenvalue weighted by atomic mass is 10.2. The smallest absolute Gasteiger partial charge is 0.229 e. The minimum Gasteiger partial charge on any atom is -0.381 e. The summed E-state index contributed by atoms with van der Waals surface area (Å²) in [4.78, 5) is 35.8. The van der Waals surface area contributed by atoms with Gasteiger partial charge >= 0.3 is 0 Å². The van der Waals surface area contributed by atoms with Crippen molar-refractivity contribution in [3.8, 4) is 0 Å². The molecule has 118 valence electrons. The second-order valence-electron chi connectivity index (χ2n) is 5.40. The molecular formula is C16H21N3O3. The van der Waals surface area contributed by atoms with Crippen molar-refractivity contribution < 1.29 is 14.4 Å². The van der Waals surface area contributed by atoms with Crippen LogP contribution in [0.15, 0.2) is 30.3 Å². The standard InChI is InChI=1S/C16H21N3O3/c1-12(18-13-5-3-2-4-6-13)11-17-14(20)9-10-19-15(21)7-8-16(19)22/h2-6,12,18H,7-11H2,1H3,(H,17,20)/t12-/m0/s1. The van der Waals surface area contributed by atoms with E-state index in [9.17, 15) is 14.4 Å². The van der Waals surface area contributed by atoms with Gasteiger partial charge in [0.1, 0.15) is 0 Å². The van der Waals surface area contributed by atoms with Crippen LogP contribution in [-0.4, -0.2) is 41.8 Å². The molecule has 2 rings (SSSR count). The number of likely N-dealkylation sites (tertiary alicyclic amines) is 1. The molecule has 1 atom stereocenters. The van der Waals surface area contributed by atoms with Gasteiger partial charge in [-0.25, -0.2) is 0 Å². The number of hydrogen-bond donors (Lipinski definition) is 2. The number of rotatable bonds is 7. The van der Waals surface area contributed by atoms with Gasteiger partial charge in [-0.05, 0) is 19.1 Å². The van der Waals surface area contributed by atoms with E-state index in [0.717, 1.165) is 5.69 Å². The molecule has 1 aliphatic heterocycles. The molecule has 6 heteroatoms. The molecule has 0 spiro atoms. The average Bonchev–Trinajstić information content (AvgIpc) is 2.83. The second-order valence-corrected chi connectivity index (χ2v) is 5.40. The summed E-state index contributed by atoms with van der Waals surface area (Å²) in [5, 5.41) is 6.08. The first-order chi connectivity index (χ1) is 10.6. The average molecular weight is 303 g/mol. The largest absolute Gasteiger partial charge is 0.381 e. The molecule has 1 fully saturated rings. The number of para-hydroxylation sites is 1. The number of carbonyl (C=O) groups excluding carboxylic acids is 3. The van der Waals surface area contributed by atoms with Gasteiger partial charge in [0.05, 0.1) is 0 Å². The maximum Gasteiger partial charge on any atom is 0.229 e. The molecular weight excluding hydrogens is 282 g/mol. The summed E-state index contributed by atoms with van der Waals surface area (Å²) in [7, 11) is 0. The predicted octanol–water partition coefficient (Wildman–Crippen LogP) is 1.14. The monoisotopic (exact) mass is 303 g/mol. The Bertz CT molecular complexity index is 529. The van der Waals surface area contributed by atoms with Crippen LogP contribution in [0.2, 0.25) is 0 Å². The van der Waals surface area contributed by atoms with Crippen molar-refractivity contribution in [2.75, 3.05) is 18.4 Å². The Labute approximate surface area is 129 Å². The van der Waals surface area contributed by atoms with E-state index in [1.165, 1.54) is 4.90 Å². The van der Waals surface area contributed by atoms with Crippen LogP contribution in [0, 0.1) is 0 Å². The third-order valence-corrected chi connectivity index (χ3v) is 3.51. The van der Waals surface area contributed by atoms with E-state index in [0.29, 0.717) is 6.54 Å². The van der Waals surface area contributed by atoms with Gasteiger partial charge in [0.15, 0.2) is 0 Å². The fourth-order valence-electron chi connectivity index (χ4n) is 2.31. The number of imide groups is 1. The zero-order chi connectivity index (χ0) is 15.9. The van der Waals surface area contributed by atoms with Crippen LogP contribution in [0.3, 0.4) is 0 Å². The number of nitrogens with one attached hydrogen (secondary N) is 2. The molecule has 0 aromatic heterocycles. The molecule has 3 amide bonds. The number of benzene rings is 1. The summed E-state index contributed by atoms with van der Waals surface area (Å²) < 4.78 is 0. The van der Waals surface area contributed by atoms with E-state index in [2.05, 4.69) is 10.6 Å². The Kier molecular flexibility index (Phi) is 5.52. The van der Waals surface area contributed by atoms with Crippen LogP contribution in [0.4, 0.5) is 5.69 Å². The molecule has 0 radical (unpaired) electrons. The summed E-state index contributed by atoms with van der Waals surface area (Å²) in [6.07, 6.45) is 0.673. The van der Waals surface area contributed by atoms with Crippen molar-refractivity contribution in [3.05, 3.63) is 30.3 Å². The van der Waals surface area contributed by atoms with Gasteiger partial charge in [0.2, 0.25) is 17.7 Å². The van der Waals surface area contributed by atoms with Gasteiger partial charge in [0.25, 0.3) is 0 Å². The molecule has 0 saturated carbocycles. The molecule has 1 aromatic rings. The summed E-state index contributed by atoms with van der Waals surface area (Å²) >= 11 is 0. The molecule has 1 saturated heterocycles. The Morgan fingerprint density at radius 2 is 1.82 bits per heavy atom. The molecule has 6 nitrogen and oxygen atoms in total. The molecule has 0 unspecified atom stereocenters. The Morgan fingerprint density at radius 1 is 1.18 bits per heavy atom. The van der Waals surface area contributed by atoms with Gasteiger partial charge in [-0.2, -0.15) is 0 Å². The fourth-order valence-corrected chi connectivity index (χ4v) is 2.31. The van der Waals surface area contributed by atoms with E-state index in [4.69, 9.17) is 0 Å². The Balaban J connectivity index is 1.67. The van der Waals surface area contributed by atoms with Crippen molar-refractivity contribution >= 4 is 23.4 Å². The fraction of sp³-hybridized carbons (Fsp3) is 0.438. The summed E-state index contributed by atoms with van der Waals surface area (Å²) in [6, 6.07) is 9.83. The molecule has 1 aliphatic rings. The highest BCUT2D eigenvalue weighted by molar-refractivity contribution is 6.02. The molecule has 22 heavy (non-hydrogen) atoms. The van der Waals surface area contributed by atoms with Crippen molar-refractivity contribution in [2.24, 2.45) is 0 Å². The minimum absolute atomic E-state index is 0.0846. The Hall–Kier alpha value is -2.37. The van der Waals surface area contributed by atoms with Crippen LogP contribution in [0.5, 0.6) is 0 Å². The first kappa shape index (κ1) is 16.0. The van der Waals surface area contributed by atoms with Gasteiger partial charge < -0.3 is 10.6 Å². The highest BCUT2D eigenvalue weighted by Gasteiger charge is 2.28. The lowest BCUT2D eigenvalue weighted by Crippen LogP contribution is -2.37. The van der Waals surface area contributed by atoms with Crippen LogP contribution in [-0.2, 0) is 14.4 Å². The number of anilines is 1. The Morgan fingerprint density at radius 3 is 2.45 bits per heavy atom. The molecule has 1 aromatic carbocycles. The van der Waals surface area contributed by atoms with Crippen molar-refractivity contribution in [1.29, 1.82) is 0 Å². The quantitative estimate of drug-likeness (QED) is 0.741. The second kappa shape index (κ2) is 7.59. The highest BCUT2D eigenvalue weighted by atomic mass is 16.2. The van der Waals surface area contributed by atoms with Crippen molar-refractivity contribution in [3.63, 3.8) is 0 Å². The van der Waals surface area contributed by atoms with Gasteiger partial charge in [-0.1, -0.05) is 18.2 Å². The lowest BCUT2D eigenvalue weighted by molar-refractivity contribution is -0.138. The van der Waals surface area contributed by atoms with E-state index < -0.39 is 0 Å². The van der Waals surface area contributed by atoms with E-state index in [1.807, 2.05) is 37.3 Å². The summed E-state index contributed by atoms with van der Waals surface area (Å²) in [6.45, 7) is 2.63. The summed E-state index contributed by atoms with van der Waals surface area (Å²) in [5.41, 5.74) is 0.998.